The lowest BCUT2D eigenvalue weighted by Crippen LogP contribution is -2.36. The highest BCUT2D eigenvalue weighted by atomic mass is 79.9. The first-order valence-electron chi connectivity index (χ1n) is 6.57. The summed E-state index contributed by atoms with van der Waals surface area (Å²) < 4.78 is 11.1. The Morgan fingerprint density at radius 2 is 2.06 bits per heavy atom. The molecule has 1 aliphatic rings. The number of halogens is 1. The van der Waals surface area contributed by atoms with Crippen LogP contribution in [-0.2, 0) is 9.47 Å². The highest BCUT2D eigenvalue weighted by Gasteiger charge is 2.36. The van der Waals surface area contributed by atoms with Crippen molar-refractivity contribution in [3.05, 3.63) is 0 Å². The zero-order chi connectivity index (χ0) is 13.8. The molecule has 2 atom stereocenters. The number of hydrogen-bond donors (Lipinski definition) is 0. The summed E-state index contributed by atoms with van der Waals surface area (Å²) >= 11 is 3.57. The third-order valence-corrected chi connectivity index (χ3v) is 3.56. The summed E-state index contributed by atoms with van der Waals surface area (Å²) in [7, 11) is 0. The van der Waals surface area contributed by atoms with E-state index >= 15 is 0 Å². The zero-order valence-electron chi connectivity index (χ0n) is 11.7. The molecule has 0 spiro atoms. The topological polar surface area (TPSA) is 38.8 Å². The molecule has 1 amide bonds. The van der Waals surface area contributed by atoms with Gasteiger partial charge in [0.1, 0.15) is 5.60 Å². The van der Waals surface area contributed by atoms with Crippen LogP contribution >= 0.6 is 15.9 Å². The van der Waals surface area contributed by atoms with E-state index in [0.29, 0.717) is 13.1 Å². The van der Waals surface area contributed by atoms with Gasteiger partial charge in [0.25, 0.3) is 0 Å². The Hall–Kier alpha value is -0.290. The van der Waals surface area contributed by atoms with Gasteiger partial charge in [-0.3, -0.25) is 0 Å². The van der Waals surface area contributed by atoms with Crippen molar-refractivity contribution < 1.29 is 14.3 Å². The SMILES string of the molecule is CCCCOC1CN(C(=O)OC(C)(C)C)CC1Br. The number of rotatable bonds is 4. The number of carbonyl (C=O) groups is 1. The first-order chi connectivity index (χ1) is 8.33. The number of amides is 1. The second kappa shape index (κ2) is 6.75. The summed E-state index contributed by atoms with van der Waals surface area (Å²) in [4.78, 5) is 13.8. The standard InChI is InChI=1S/C13H24BrNO3/c1-5-6-7-17-11-9-15(8-10(11)14)12(16)18-13(2,3)4/h10-11H,5-9H2,1-4H3. The van der Waals surface area contributed by atoms with Gasteiger partial charge in [0, 0.05) is 13.2 Å². The van der Waals surface area contributed by atoms with E-state index in [2.05, 4.69) is 22.9 Å². The van der Waals surface area contributed by atoms with Gasteiger partial charge in [0.15, 0.2) is 0 Å². The van der Waals surface area contributed by atoms with E-state index in [4.69, 9.17) is 9.47 Å². The summed E-state index contributed by atoms with van der Waals surface area (Å²) in [6, 6.07) is 0. The highest BCUT2D eigenvalue weighted by molar-refractivity contribution is 9.09. The molecule has 1 heterocycles. The minimum Gasteiger partial charge on any atom is -0.444 e. The van der Waals surface area contributed by atoms with Crippen LogP contribution in [-0.4, -0.2) is 47.2 Å². The average Bonchev–Trinajstić information content (AvgIpc) is 2.58. The number of likely N-dealkylation sites (tertiary alicyclic amines) is 1. The van der Waals surface area contributed by atoms with Crippen molar-refractivity contribution in [2.24, 2.45) is 0 Å². The Morgan fingerprint density at radius 3 is 2.61 bits per heavy atom. The number of carbonyl (C=O) groups excluding carboxylic acids is 1. The molecule has 5 heteroatoms. The fourth-order valence-electron chi connectivity index (χ4n) is 1.75. The quantitative estimate of drug-likeness (QED) is 0.589. The van der Waals surface area contributed by atoms with Crippen molar-refractivity contribution in [1.29, 1.82) is 0 Å². The molecule has 0 aromatic heterocycles. The third kappa shape index (κ3) is 5.14. The summed E-state index contributed by atoms with van der Waals surface area (Å²) in [6.07, 6.45) is 2.00. The number of alkyl halides is 1. The number of nitrogens with zero attached hydrogens (tertiary/aromatic N) is 1. The Balaban J connectivity index is 2.40. The van der Waals surface area contributed by atoms with Crippen LogP contribution in [0.4, 0.5) is 4.79 Å². The van der Waals surface area contributed by atoms with Crippen LogP contribution in [0.3, 0.4) is 0 Å². The van der Waals surface area contributed by atoms with Gasteiger partial charge in [0.05, 0.1) is 17.5 Å². The van der Waals surface area contributed by atoms with Crippen LogP contribution in [0, 0.1) is 0 Å². The fourth-order valence-corrected chi connectivity index (χ4v) is 2.42. The number of ether oxygens (including phenoxy) is 2. The molecule has 1 saturated heterocycles. The van der Waals surface area contributed by atoms with Crippen LogP contribution in [0.2, 0.25) is 0 Å². The van der Waals surface area contributed by atoms with Gasteiger partial charge in [0.2, 0.25) is 0 Å². The highest BCUT2D eigenvalue weighted by Crippen LogP contribution is 2.22. The van der Waals surface area contributed by atoms with E-state index in [0.717, 1.165) is 19.4 Å². The van der Waals surface area contributed by atoms with Gasteiger partial charge in [-0.1, -0.05) is 29.3 Å². The maximum atomic E-state index is 11.9. The molecule has 0 bridgehead atoms. The van der Waals surface area contributed by atoms with Crippen molar-refractivity contribution in [3.63, 3.8) is 0 Å². The Bertz CT molecular complexity index is 278. The van der Waals surface area contributed by atoms with Crippen molar-refractivity contribution >= 4 is 22.0 Å². The summed E-state index contributed by atoms with van der Waals surface area (Å²) in [5.74, 6) is 0. The van der Waals surface area contributed by atoms with Gasteiger partial charge >= 0.3 is 6.09 Å². The molecule has 0 aliphatic carbocycles. The summed E-state index contributed by atoms with van der Waals surface area (Å²) in [5.41, 5.74) is -0.444. The lowest BCUT2D eigenvalue weighted by Gasteiger charge is -2.24. The summed E-state index contributed by atoms with van der Waals surface area (Å²) in [6.45, 7) is 9.77. The Kier molecular flexibility index (Phi) is 5.92. The smallest absolute Gasteiger partial charge is 0.410 e. The Labute approximate surface area is 118 Å². The molecule has 2 unspecified atom stereocenters. The first kappa shape index (κ1) is 15.8. The van der Waals surface area contributed by atoms with Crippen LogP contribution in [0.15, 0.2) is 0 Å². The van der Waals surface area contributed by atoms with Crippen molar-refractivity contribution in [1.82, 2.24) is 4.90 Å². The molecule has 0 saturated carbocycles. The average molecular weight is 322 g/mol. The molecular formula is C13H24BrNO3. The molecule has 4 nitrogen and oxygen atoms in total. The minimum absolute atomic E-state index is 0.0732. The second-order valence-electron chi connectivity index (χ2n) is 5.66. The molecular weight excluding hydrogens is 298 g/mol. The fraction of sp³-hybridized carbons (Fsp3) is 0.923. The van der Waals surface area contributed by atoms with Crippen LogP contribution in [0.25, 0.3) is 0 Å². The monoisotopic (exact) mass is 321 g/mol. The largest absolute Gasteiger partial charge is 0.444 e. The predicted octanol–water partition coefficient (Wildman–Crippen LogP) is 3.19. The van der Waals surface area contributed by atoms with E-state index in [9.17, 15) is 4.79 Å². The predicted molar refractivity (Wildman–Crippen MR) is 75.2 cm³/mol. The van der Waals surface area contributed by atoms with Crippen LogP contribution in [0.5, 0.6) is 0 Å². The van der Waals surface area contributed by atoms with Gasteiger partial charge in [-0.2, -0.15) is 0 Å². The third-order valence-electron chi connectivity index (χ3n) is 2.68. The second-order valence-corrected chi connectivity index (χ2v) is 6.84. The molecule has 0 aromatic rings. The van der Waals surface area contributed by atoms with E-state index < -0.39 is 5.60 Å². The van der Waals surface area contributed by atoms with Crippen molar-refractivity contribution in [3.8, 4) is 0 Å². The van der Waals surface area contributed by atoms with E-state index in [-0.39, 0.29) is 17.0 Å². The van der Waals surface area contributed by atoms with E-state index in [1.165, 1.54) is 0 Å². The molecule has 106 valence electrons. The lowest BCUT2D eigenvalue weighted by molar-refractivity contribution is 0.0210. The maximum Gasteiger partial charge on any atom is 0.410 e. The Morgan fingerprint density at radius 1 is 1.39 bits per heavy atom. The molecule has 18 heavy (non-hydrogen) atoms. The van der Waals surface area contributed by atoms with Crippen molar-refractivity contribution in [2.75, 3.05) is 19.7 Å². The van der Waals surface area contributed by atoms with Gasteiger partial charge < -0.3 is 14.4 Å². The molecule has 1 rings (SSSR count). The van der Waals surface area contributed by atoms with Crippen molar-refractivity contribution in [2.45, 2.75) is 57.1 Å². The van der Waals surface area contributed by atoms with E-state index in [1.54, 1.807) is 4.90 Å². The lowest BCUT2D eigenvalue weighted by atomic mass is 10.2. The molecule has 0 radical (unpaired) electrons. The normalized spacial score (nSPS) is 24.4. The van der Waals surface area contributed by atoms with Gasteiger partial charge in [-0.15, -0.1) is 0 Å². The van der Waals surface area contributed by atoms with E-state index in [1.807, 2.05) is 20.8 Å². The number of unbranched alkanes of at least 4 members (excludes halogenated alkanes) is 1. The van der Waals surface area contributed by atoms with Crippen LogP contribution in [0.1, 0.15) is 40.5 Å². The van der Waals surface area contributed by atoms with Crippen LogP contribution < -0.4 is 0 Å². The van der Waals surface area contributed by atoms with Gasteiger partial charge in [-0.05, 0) is 27.2 Å². The first-order valence-corrected chi connectivity index (χ1v) is 7.48. The molecule has 1 fully saturated rings. The molecule has 0 N–H and O–H groups in total. The minimum atomic E-state index is -0.444. The molecule has 0 aromatic carbocycles. The van der Waals surface area contributed by atoms with Gasteiger partial charge in [-0.25, -0.2) is 4.79 Å². The molecule has 1 aliphatic heterocycles. The zero-order valence-corrected chi connectivity index (χ0v) is 13.3. The summed E-state index contributed by atoms with van der Waals surface area (Å²) in [5, 5.41) is 0. The maximum absolute atomic E-state index is 11.9. The number of hydrogen-bond acceptors (Lipinski definition) is 3.